The van der Waals surface area contributed by atoms with Crippen LogP contribution in [0.1, 0.15) is 26.2 Å². The summed E-state index contributed by atoms with van der Waals surface area (Å²) in [7, 11) is 0. The smallest absolute Gasteiger partial charge is 0.303 e. The molecule has 0 saturated heterocycles. The Morgan fingerprint density at radius 2 is 2.10 bits per heavy atom. The van der Waals surface area contributed by atoms with E-state index in [9.17, 15) is 4.79 Å². The van der Waals surface area contributed by atoms with Crippen molar-refractivity contribution < 1.29 is 15.0 Å². The maximum atomic E-state index is 9.90. The second-order valence-electron chi connectivity index (χ2n) is 2.13. The number of hydrogen-bond donors (Lipinski definition) is 2. The summed E-state index contributed by atoms with van der Waals surface area (Å²) in [4.78, 5) is 9.90. The molecule has 0 aliphatic rings. The van der Waals surface area contributed by atoms with E-state index in [4.69, 9.17) is 10.2 Å². The second kappa shape index (κ2) is 7.54. The number of hydrogen-bond acceptors (Lipinski definition) is 2. The first-order valence-electron chi connectivity index (χ1n) is 3.03. The number of aliphatic hydroxyl groups excluding tert-OH is 1. The Morgan fingerprint density at radius 1 is 1.60 bits per heavy atom. The fourth-order valence-electron chi connectivity index (χ4n) is 0.549. The molecule has 0 aromatic heterocycles. The minimum atomic E-state index is -0.796. The predicted molar refractivity (Wildman–Crippen MR) is 38.9 cm³/mol. The Kier molecular flexibility index (Phi) is 9.84. The molecule has 1 radical (unpaired) electrons. The van der Waals surface area contributed by atoms with E-state index in [2.05, 4.69) is 0 Å². The third-order valence-electron chi connectivity index (χ3n) is 1.01. The van der Waals surface area contributed by atoms with Crippen molar-refractivity contribution >= 4 is 35.5 Å². The molecule has 1 unspecified atom stereocenters. The van der Waals surface area contributed by atoms with Crippen LogP contribution in [-0.4, -0.2) is 51.8 Å². The fraction of sp³-hybridized carbons (Fsp3) is 0.833. The minimum Gasteiger partial charge on any atom is -0.481 e. The molecule has 0 aromatic rings. The van der Waals surface area contributed by atoms with Gasteiger partial charge in [0.15, 0.2) is 0 Å². The number of carbonyl (C=O) groups is 1. The molecule has 2 N–H and O–H groups in total. The Morgan fingerprint density at radius 3 is 2.40 bits per heavy atom. The van der Waals surface area contributed by atoms with Gasteiger partial charge in [-0.1, -0.05) is 0 Å². The van der Waals surface area contributed by atoms with E-state index in [1.807, 2.05) is 0 Å². The Bertz CT molecular complexity index is 93.0. The molecule has 0 heterocycles. The fourth-order valence-corrected chi connectivity index (χ4v) is 0.549. The summed E-state index contributed by atoms with van der Waals surface area (Å²) in [5, 5.41) is 16.8. The van der Waals surface area contributed by atoms with Crippen molar-refractivity contribution in [3.05, 3.63) is 0 Å². The van der Waals surface area contributed by atoms with Crippen LogP contribution in [0.4, 0.5) is 0 Å². The molecule has 0 bridgehead atoms. The SMILES string of the molecule is CC(O)CCCC(=O)O.[Na]. The van der Waals surface area contributed by atoms with Crippen molar-refractivity contribution in [2.45, 2.75) is 32.3 Å². The Hall–Kier alpha value is 0.430. The number of carboxylic acid groups (broad SMARTS) is 1. The van der Waals surface area contributed by atoms with Crippen molar-refractivity contribution in [3.8, 4) is 0 Å². The molecule has 0 aliphatic heterocycles. The first kappa shape index (κ1) is 13.1. The van der Waals surface area contributed by atoms with Gasteiger partial charge in [0.2, 0.25) is 0 Å². The molecular weight excluding hydrogens is 143 g/mol. The molecule has 0 spiro atoms. The van der Waals surface area contributed by atoms with Crippen LogP contribution in [-0.2, 0) is 4.79 Å². The summed E-state index contributed by atoms with van der Waals surface area (Å²) in [6.07, 6.45) is 0.925. The van der Waals surface area contributed by atoms with Gasteiger partial charge in [-0.2, -0.15) is 0 Å². The van der Waals surface area contributed by atoms with Crippen molar-refractivity contribution in [1.82, 2.24) is 0 Å². The van der Waals surface area contributed by atoms with Crippen LogP contribution in [0, 0.1) is 0 Å². The van der Waals surface area contributed by atoms with Gasteiger partial charge in [0, 0.05) is 36.0 Å². The van der Waals surface area contributed by atoms with Crippen molar-refractivity contribution in [3.63, 3.8) is 0 Å². The van der Waals surface area contributed by atoms with Gasteiger partial charge >= 0.3 is 5.97 Å². The van der Waals surface area contributed by atoms with E-state index < -0.39 is 5.97 Å². The third kappa shape index (κ3) is 11.3. The van der Waals surface area contributed by atoms with Gasteiger partial charge in [-0.15, -0.1) is 0 Å². The summed E-state index contributed by atoms with van der Waals surface area (Å²) < 4.78 is 0. The molecule has 55 valence electrons. The van der Waals surface area contributed by atoms with Gasteiger partial charge in [0.1, 0.15) is 0 Å². The Labute approximate surface area is 82.7 Å². The van der Waals surface area contributed by atoms with Crippen LogP contribution in [0.3, 0.4) is 0 Å². The van der Waals surface area contributed by atoms with Crippen molar-refractivity contribution in [2.75, 3.05) is 0 Å². The topological polar surface area (TPSA) is 57.5 Å². The zero-order valence-electron chi connectivity index (χ0n) is 6.50. The Balaban J connectivity index is 0. The van der Waals surface area contributed by atoms with Crippen molar-refractivity contribution in [1.29, 1.82) is 0 Å². The standard InChI is InChI=1S/C6H12O3.Na/c1-5(7)3-2-4-6(8)9;/h5,7H,2-4H2,1H3,(H,8,9);. The van der Waals surface area contributed by atoms with Crippen LogP contribution in [0.25, 0.3) is 0 Å². The first-order valence-corrected chi connectivity index (χ1v) is 3.03. The van der Waals surface area contributed by atoms with Crippen LogP contribution in [0.2, 0.25) is 0 Å². The van der Waals surface area contributed by atoms with Gasteiger partial charge in [-0.25, -0.2) is 0 Å². The molecule has 10 heavy (non-hydrogen) atoms. The summed E-state index contributed by atoms with van der Waals surface area (Å²) in [5.74, 6) is -0.796. The quantitative estimate of drug-likeness (QED) is 0.572. The molecule has 0 aromatic carbocycles. The molecule has 0 fully saturated rings. The summed E-state index contributed by atoms with van der Waals surface area (Å²) >= 11 is 0. The van der Waals surface area contributed by atoms with Crippen LogP contribution in [0.5, 0.6) is 0 Å². The van der Waals surface area contributed by atoms with Crippen LogP contribution in [0.15, 0.2) is 0 Å². The molecule has 4 heteroatoms. The van der Waals surface area contributed by atoms with Gasteiger partial charge in [-0.3, -0.25) is 4.79 Å². The molecule has 0 amide bonds. The van der Waals surface area contributed by atoms with Crippen LogP contribution >= 0.6 is 0 Å². The minimum absolute atomic E-state index is 0. The van der Waals surface area contributed by atoms with E-state index in [1.165, 1.54) is 0 Å². The van der Waals surface area contributed by atoms with Gasteiger partial charge in [0.05, 0.1) is 6.10 Å². The zero-order valence-corrected chi connectivity index (χ0v) is 8.50. The number of rotatable bonds is 4. The molecule has 1 atom stereocenters. The molecule has 0 saturated carbocycles. The monoisotopic (exact) mass is 155 g/mol. The number of aliphatic carboxylic acids is 1. The van der Waals surface area contributed by atoms with Gasteiger partial charge in [-0.05, 0) is 19.8 Å². The molecule has 0 rings (SSSR count). The third-order valence-corrected chi connectivity index (χ3v) is 1.01. The van der Waals surface area contributed by atoms with E-state index >= 15 is 0 Å². The number of carboxylic acids is 1. The first-order chi connectivity index (χ1) is 4.13. The maximum absolute atomic E-state index is 9.90. The van der Waals surface area contributed by atoms with Gasteiger partial charge < -0.3 is 10.2 Å². The molecule has 3 nitrogen and oxygen atoms in total. The normalized spacial score (nSPS) is 11.8. The van der Waals surface area contributed by atoms with E-state index in [-0.39, 0.29) is 42.1 Å². The molecular formula is C6H12NaO3. The van der Waals surface area contributed by atoms with E-state index in [0.717, 1.165) is 0 Å². The largest absolute Gasteiger partial charge is 0.481 e. The predicted octanol–water partition coefficient (Wildman–Crippen LogP) is 0.241. The van der Waals surface area contributed by atoms with E-state index in [1.54, 1.807) is 6.92 Å². The second-order valence-corrected chi connectivity index (χ2v) is 2.13. The van der Waals surface area contributed by atoms with Crippen LogP contribution < -0.4 is 0 Å². The molecule has 0 aliphatic carbocycles. The zero-order chi connectivity index (χ0) is 7.28. The van der Waals surface area contributed by atoms with Gasteiger partial charge in [0.25, 0.3) is 0 Å². The summed E-state index contributed by atoms with van der Waals surface area (Å²) in [6, 6.07) is 0. The number of aliphatic hydroxyl groups is 1. The average molecular weight is 155 g/mol. The van der Waals surface area contributed by atoms with Crippen molar-refractivity contribution in [2.24, 2.45) is 0 Å². The summed E-state index contributed by atoms with van der Waals surface area (Å²) in [6.45, 7) is 1.65. The summed E-state index contributed by atoms with van der Waals surface area (Å²) in [5.41, 5.74) is 0. The maximum Gasteiger partial charge on any atom is 0.303 e. The van der Waals surface area contributed by atoms with E-state index in [0.29, 0.717) is 12.8 Å². The average Bonchev–Trinajstić information content (AvgIpc) is 1.63.